The molecule has 0 bridgehead atoms. The molecule has 2 aliphatic carbocycles. The maximum absolute atomic E-state index is 5.58. The lowest BCUT2D eigenvalue weighted by Gasteiger charge is -2.31. The van der Waals surface area contributed by atoms with Gasteiger partial charge in [-0.05, 0) is 49.3 Å². The van der Waals surface area contributed by atoms with E-state index in [1.807, 2.05) is 7.11 Å². The quantitative estimate of drug-likeness (QED) is 0.665. The molecule has 0 fully saturated rings. The number of rotatable bonds is 2. The summed E-state index contributed by atoms with van der Waals surface area (Å²) in [5.41, 5.74) is 6.11. The number of hydrogen-bond donors (Lipinski definition) is 0. The third kappa shape index (κ3) is 1.81. The second kappa shape index (κ2) is 4.36. The molecule has 15 heavy (non-hydrogen) atoms. The molecule has 0 N–H and O–H groups in total. The van der Waals surface area contributed by atoms with Crippen LogP contribution in [0.3, 0.4) is 0 Å². The monoisotopic (exact) mass is 204 g/mol. The third-order valence-electron chi connectivity index (χ3n) is 3.56. The molecular formula is C14H20O. The van der Waals surface area contributed by atoms with E-state index in [4.69, 9.17) is 4.74 Å². The first-order valence-corrected chi connectivity index (χ1v) is 5.89. The zero-order chi connectivity index (χ0) is 10.8. The molecule has 0 saturated carbocycles. The largest absolute Gasteiger partial charge is 0.376 e. The second-order valence-electron chi connectivity index (χ2n) is 4.42. The summed E-state index contributed by atoms with van der Waals surface area (Å²) in [5.74, 6) is 0. The van der Waals surface area contributed by atoms with Gasteiger partial charge in [-0.3, -0.25) is 0 Å². The van der Waals surface area contributed by atoms with Crippen molar-refractivity contribution in [3.8, 4) is 0 Å². The van der Waals surface area contributed by atoms with E-state index in [9.17, 15) is 0 Å². The smallest absolute Gasteiger partial charge is 0.0860 e. The van der Waals surface area contributed by atoms with Crippen LogP contribution in [0.4, 0.5) is 0 Å². The summed E-state index contributed by atoms with van der Waals surface area (Å²) in [6.07, 6.45) is 9.47. The van der Waals surface area contributed by atoms with Crippen molar-refractivity contribution in [3.63, 3.8) is 0 Å². The molecule has 2 rings (SSSR count). The van der Waals surface area contributed by atoms with E-state index < -0.39 is 0 Å². The van der Waals surface area contributed by atoms with Gasteiger partial charge in [-0.1, -0.05) is 24.6 Å². The average Bonchev–Trinajstić information content (AvgIpc) is 2.28. The van der Waals surface area contributed by atoms with Crippen LogP contribution in [0.1, 0.15) is 39.5 Å². The van der Waals surface area contributed by atoms with Gasteiger partial charge >= 0.3 is 0 Å². The number of allylic oxidation sites excluding steroid dienone is 3. The van der Waals surface area contributed by atoms with Crippen LogP contribution in [0.2, 0.25) is 0 Å². The zero-order valence-electron chi connectivity index (χ0n) is 9.97. The Morgan fingerprint density at radius 1 is 1.47 bits per heavy atom. The summed E-state index contributed by atoms with van der Waals surface area (Å²) in [7, 11) is 1.82. The minimum absolute atomic E-state index is 0.298. The predicted molar refractivity (Wildman–Crippen MR) is 63.8 cm³/mol. The topological polar surface area (TPSA) is 9.23 Å². The molecule has 0 amide bonds. The van der Waals surface area contributed by atoms with Gasteiger partial charge in [0.2, 0.25) is 0 Å². The van der Waals surface area contributed by atoms with E-state index in [1.165, 1.54) is 24.0 Å². The Hall–Kier alpha value is -0.820. The fourth-order valence-electron chi connectivity index (χ4n) is 2.80. The Bertz CT molecular complexity index is 344. The Balaban J connectivity index is 2.44. The van der Waals surface area contributed by atoms with Crippen LogP contribution in [-0.2, 0) is 4.74 Å². The molecule has 0 spiro atoms. The van der Waals surface area contributed by atoms with Crippen LogP contribution in [-0.4, -0.2) is 13.2 Å². The fourth-order valence-corrected chi connectivity index (χ4v) is 2.80. The van der Waals surface area contributed by atoms with Crippen molar-refractivity contribution in [1.29, 1.82) is 0 Å². The standard InChI is InChI=1S/C14H20O/c1-4-11-10(2)9-14(15-3)13-8-6-5-7-12(11)13/h6,8,14H,4-5,7,9H2,1-3H3. The van der Waals surface area contributed by atoms with Crippen LogP contribution in [0.25, 0.3) is 0 Å². The van der Waals surface area contributed by atoms with Gasteiger partial charge in [-0.2, -0.15) is 0 Å². The summed E-state index contributed by atoms with van der Waals surface area (Å²) in [4.78, 5) is 0. The van der Waals surface area contributed by atoms with Crippen molar-refractivity contribution >= 4 is 0 Å². The van der Waals surface area contributed by atoms with Crippen LogP contribution in [0.15, 0.2) is 34.4 Å². The van der Waals surface area contributed by atoms with Crippen molar-refractivity contribution in [2.24, 2.45) is 0 Å². The first-order valence-electron chi connectivity index (χ1n) is 5.89. The lowest BCUT2D eigenvalue weighted by molar-refractivity contribution is 0.131. The molecule has 0 aromatic rings. The van der Waals surface area contributed by atoms with Crippen LogP contribution < -0.4 is 0 Å². The molecule has 0 radical (unpaired) electrons. The summed E-state index contributed by atoms with van der Waals surface area (Å²) in [6.45, 7) is 4.52. The highest BCUT2D eigenvalue weighted by Crippen LogP contribution is 2.38. The molecule has 0 aromatic carbocycles. The lowest BCUT2D eigenvalue weighted by Crippen LogP contribution is -2.21. The molecule has 0 aliphatic heterocycles. The molecule has 1 heteroatoms. The van der Waals surface area contributed by atoms with E-state index >= 15 is 0 Å². The first kappa shape index (κ1) is 10.7. The number of hydrogen-bond acceptors (Lipinski definition) is 1. The highest BCUT2D eigenvalue weighted by molar-refractivity contribution is 5.49. The van der Waals surface area contributed by atoms with Crippen molar-refractivity contribution < 1.29 is 4.74 Å². The van der Waals surface area contributed by atoms with Crippen LogP contribution >= 0.6 is 0 Å². The number of ether oxygens (including phenoxy) is 1. The Morgan fingerprint density at radius 2 is 2.27 bits per heavy atom. The van der Waals surface area contributed by atoms with Gasteiger partial charge in [0, 0.05) is 7.11 Å². The molecule has 1 nitrogen and oxygen atoms in total. The highest BCUT2D eigenvalue weighted by Gasteiger charge is 2.25. The van der Waals surface area contributed by atoms with E-state index in [1.54, 1.807) is 11.1 Å². The lowest BCUT2D eigenvalue weighted by atomic mass is 9.79. The Morgan fingerprint density at radius 3 is 2.93 bits per heavy atom. The molecule has 1 unspecified atom stereocenters. The van der Waals surface area contributed by atoms with Gasteiger partial charge in [0.25, 0.3) is 0 Å². The normalized spacial score (nSPS) is 25.9. The Kier molecular flexibility index (Phi) is 3.11. The van der Waals surface area contributed by atoms with E-state index in [0.29, 0.717) is 6.10 Å². The minimum Gasteiger partial charge on any atom is -0.376 e. The third-order valence-corrected chi connectivity index (χ3v) is 3.56. The maximum Gasteiger partial charge on any atom is 0.0860 e. The zero-order valence-corrected chi connectivity index (χ0v) is 9.97. The van der Waals surface area contributed by atoms with Crippen molar-refractivity contribution in [3.05, 3.63) is 34.4 Å². The minimum atomic E-state index is 0.298. The van der Waals surface area contributed by atoms with Crippen molar-refractivity contribution in [2.75, 3.05) is 7.11 Å². The molecule has 0 aromatic heterocycles. The van der Waals surface area contributed by atoms with Gasteiger partial charge in [0.15, 0.2) is 0 Å². The second-order valence-corrected chi connectivity index (χ2v) is 4.42. The van der Waals surface area contributed by atoms with Gasteiger partial charge in [-0.25, -0.2) is 0 Å². The van der Waals surface area contributed by atoms with E-state index in [-0.39, 0.29) is 0 Å². The molecule has 0 saturated heterocycles. The van der Waals surface area contributed by atoms with Gasteiger partial charge in [0.1, 0.15) is 0 Å². The summed E-state index contributed by atoms with van der Waals surface area (Å²) in [5, 5.41) is 0. The molecule has 82 valence electrons. The number of methoxy groups -OCH3 is 1. The SMILES string of the molecule is CCC1=C(C)CC(OC)C2=C1CCC=C2. The summed E-state index contributed by atoms with van der Waals surface area (Å²) < 4.78 is 5.58. The summed E-state index contributed by atoms with van der Waals surface area (Å²) >= 11 is 0. The maximum atomic E-state index is 5.58. The van der Waals surface area contributed by atoms with Crippen molar-refractivity contribution in [2.45, 2.75) is 45.6 Å². The molecule has 1 atom stereocenters. The predicted octanol–water partition coefficient (Wildman–Crippen LogP) is 3.78. The average molecular weight is 204 g/mol. The van der Waals surface area contributed by atoms with E-state index in [0.717, 1.165) is 12.8 Å². The summed E-state index contributed by atoms with van der Waals surface area (Å²) in [6, 6.07) is 0. The molecule has 0 heterocycles. The molecular weight excluding hydrogens is 184 g/mol. The first-order chi connectivity index (χ1) is 7.27. The highest BCUT2D eigenvalue weighted by atomic mass is 16.5. The molecule has 2 aliphatic rings. The van der Waals surface area contributed by atoms with Gasteiger partial charge < -0.3 is 4.74 Å². The van der Waals surface area contributed by atoms with Crippen LogP contribution in [0.5, 0.6) is 0 Å². The van der Waals surface area contributed by atoms with E-state index in [2.05, 4.69) is 26.0 Å². The van der Waals surface area contributed by atoms with Gasteiger partial charge in [0.05, 0.1) is 6.10 Å². The fraction of sp³-hybridized carbons (Fsp3) is 0.571. The van der Waals surface area contributed by atoms with Gasteiger partial charge in [-0.15, -0.1) is 0 Å². The Labute approximate surface area is 92.5 Å². The van der Waals surface area contributed by atoms with Crippen LogP contribution in [0, 0.1) is 0 Å². The van der Waals surface area contributed by atoms with Crippen molar-refractivity contribution in [1.82, 2.24) is 0 Å².